The van der Waals surface area contributed by atoms with Gasteiger partial charge in [0.2, 0.25) is 0 Å². The number of hydrogen-bond acceptors (Lipinski definition) is 5. The van der Waals surface area contributed by atoms with Gasteiger partial charge >= 0.3 is 5.97 Å². The summed E-state index contributed by atoms with van der Waals surface area (Å²) in [6, 6.07) is 3.71. The second-order valence-corrected chi connectivity index (χ2v) is 5.30. The molecule has 0 amide bonds. The number of ether oxygens (including phenoxy) is 1. The quantitative estimate of drug-likeness (QED) is 0.773. The van der Waals surface area contributed by atoms with Crippen LogP contribution in [-0.2, 0) is 11.2 Å². The van der Waals surface area contributed by atoms with Crippen LogP contribution in [0.25, 0.3) is 11.5 Å². The molecule has 0 spiro atoms. The van der Waals surface area contributed by atoms with Crippen LogP contribution in [-0.4, -0.2) is 27.5 Å². The first-order chi connectivity index (χ1) is 10.2. The van der Waals surface area contributed by atoms with E-state index in [0.717, 1.165) is 10.9 Å². The van der Waals surface area contributed by atoms with Gasteiger partial charge in [-0.05, 0) is 41.4 Å². The Labute approximate surface area is 131 Å². The molecule has 0 unspecified atom stereocenters. The van der Waals surface area contributed by atoms with Gasteiger partial charge in [-0.25, -0.2) is 14.8 Å². The average Bonchev–Trinajstić information content (AvgIpc) is 2.48. The summed E-state index contributed by atoms with van der Waals surface area (Å²) in [6.45, 7) is 4.15. The average molecular weight is 350 g/mol. The number of nitrogens with zero attached hydrogens (tertiary/aromatic N) is 3. The van der Waals surface area contributed by atoms with Crippen molar-refractivity contribution >= 4 is 21.9 Å². The number of hydrogen-bond donors (Lipinski definition) is 0. The van der Waals surface area contributed by atoms with E-state index >= 15 is 0 Å². The molecular weight excluding hydrogens is 334 g/mol. The van der Waals surface area contributed by atoms with Crippen molar-refractivity contribution in [3.05, 3.63) is 40.3 Å². The minimum Gasteiger partial charge on any atom is -0.462 e. The lowest BCUT2D eigenvalue weighted by Crippen LogP contribution is -2.11. The number of carbonyl (C=O) groups excluding carboxylic acids is 1. The summed E-state index contributed by atoms with van der Waals surface area (Å²) in [5.41, 5.74) is 1.80. The fourth-order valence-electron chi connectivity index (χ4n) is 1.86. The molecule has 2 heterocycles. The molecule has 0 aromatic carbocycles. The van der Waals surface area contributed by atoms with Crippen molar-refractivity contribution in [3.63, 3.8) is 0 Å². The number of halogens is 1. The normalized spacial score (nSPS) is 10.4. The Balaban J connectivity index is 2.39. The van der Waals surface area contributed by atoms with Crippen molar-refractivity contribution in [2.75, 3.05) is 6.61 Å². The Hall–Kier alpha value is -1.82. The molecular formula is C15H16BrN3O2. The van der Waals surface area contributed by atoms with E-state index in [4.69, 9.17) is 4.74 Å². The lowest BCUT2D eigenvalue weighted by Gasteiger charge is -2.08. The van der Waals surface area contributed by atoms with Crippen LogP contribution in [0.1, 0.15) is 36.3 Å². The van der Waals surface area contributed by atoms with Gasteiger partial charge in [0.15, 0.2) is 5.82 Å². The number of esters is 1. The zero-order chi connectivity index (χ0) is 15.2. The molecule has 0 aliphatic carbocycles. The van der Waals surface area contributed by atoms with E-state index in [9.17, 15) is 4.79 Å². The molecule has 0 atom stereocenters. The van der Waals surface area contributed by atoms with E-state index < -0.39 is 0 Å². The monoisotopic (exact) mass is 349 g/mol. The predicted octanol–water partition coefficient (Wildman–Crippen LogP) is 3.43. The number of pyridine rings is 1. The largest absolute Gasteiger partial charge is 0.462 e. The predicted molar refractivity (Wildman–Crippen MR) is 82.9 cm³/mol. The second kappa shape index (κ2) is 7.26. The topological polar surface area (TPSA) is 65.0 Å². The zero-order valence-electron chi connectivity index (χ0n) is 12.0. The standard InChI is InChI=1S/C15H16BrN3O2/c1-3-5-12-11(15(20)21-4-2)9-18-14(19-12)13-7-6-10(16)8-17-13/h6-9H,3-5H2,1-2H3. The first-order valence-electron chi connectivity index (χ1n) is 6.80. The smallest absolute Gasteiger partial charge is 0.341 e. The van der Waals surface area contributed by atoms with E-state index in [1.54, 1.807) is 13.1 Å². The van der Waals surface area contributed by atoms with Crippen LogP contribution in [0.15, 0.2) is 29.0 Å². The van der Waals surface area contributed by atoms with Gasteiger partial charge in [0.25, 0.3) is 0 Å². The highest BCUT2D eigenvalue weighted by atomic mass is 79.9. The molecule has 0 saturated carbocycles. The summed E-state index contributed by atoms with van der Waals surface area (Å²) in [5, 5.41) is 0. The number of aromatic nitrogens is 3. The molecule has 21 heavy (non-hydrogen) atoms. The van der Waals surface area contributed by atoms with Gasteiger partial charge in [0, 0.05) is 16.9 Å². The molecule has 0 saturated heterocycles. The Bertz CT molecular complexity index is 629. The molecule has 0 aliphatic heterocycles. The van der Waals surface area contributed by atoms with Crippen molar-refractivity contribution in [3.8, 4) is 11.5 Å². The third kappa shape index (κ3) is 3.85. The molecule has 2 aromatic rings. The molecule has 6 heteroatoms. The summed E-state index contributed by atoms with van der Waals surface area (Å²) in [4.78, 5) is 24.9. The third-order valence-corrected chi connectivity index (χ3v) is 3.28. The molecule has 110 valence electrons. The molecule has 0 fully saturated rings. The van der Waals surface area contributed by atoms with Crippen molar-refractivity contribution in [1.82, 2.24) is 15.0 Å². The minimum atomic E-state index is -0.378. The van der Waals surface area contributed by atoms with Gasteiger partial charge in [-0.2, -0.15) is 0 Å². The fourth-order valence-corrected chi connectivity index (χ4v) is 2.09. The summed E-state index contributed by atoms with van der Waals surface area (Å²) in [5.74, 6) is 0.135. The van der Waals surface area contributed by atoms with Crippen LogP contribution < -0.4 is 0 Å². The van der Waals surface area contributed by atoms with Crippen LogP contribution in [0.3, 0.4) is 0 Å². The van der Waals surface area contributed by atoms with Gasteiger partial charge in [-0.1, -0.05) is 13.3 Å². The highest BCUT2D eigenvalue weighted by Crippen LogP contribution is 2.18. The fraction of sp³-hybridized carbons (Fsp3) is 0.333. The lowest BCUT2D eigenvalue weighted by atomic mass is 10.1. The minimum absolute atomic E-state index is 0.334. The molecule has 2 aromatic heterocycles. The summed E-state index contributed by atoms with van der Waals surface area (Å²) in [7, 11) is 0. The van der Waals surface area contributed by atoms with Crippen LogP contribution in [0.4, 0.5) is 0 Å². The van der Waals surface area contributed by atoms with Crippen LogP contribution in [0, 0.1) is 0 Å². The van der Waals surface area contributed by atoms with E-state index in [-0.39, 0.29) is 5.97 Å². The highest BCUT2D eigenvalue weighted by molar-refractivity contribution is 9.10. The van der Waals surface area contributed by atoms with Crippen molar-refractivity contribution < 1.29 is 9.53 Å². The Morgan fingerprint density at radius 2 is 2.05 bits per heavy atom. The van der Waals surface area contributed by atoms with Gasteiger partial charge in [0.05, 0.1) is 17.9 Å². The second-order valence-electron chi connectivity index (χ2n) is 4.39. The van der Waals surface area contributed by atoms with Crippen LogP contribution in [0.2, 0.25) is 0 Å². The molecule has 2 rings (SSSR count). The first-order valence-corrected chi connectivity index (χ1v) is 7.60. The first kappa shape index (κ1) is 15.6. The summed E-state index contributed by atoms with van der Waals surface area (Å²) in [6.07, 6.45) is 4.79. The van der Waals surface area contributed by atoms with Crippen LogP contribution in [0.5, 0.6) is 0 Å². The Morgan fingerprint density at radius 3 is 2.67 bits per heavy atom. The number of carbonyl (C=O) groups is 1. The van der Waals surface area contributed by atoms with Gasteiger partial charge < -0.3 is 4.74 Å². The summed E-state index contributed by atoms with van der Waals surface area (Å²) < 4.78 is 5.93. The molecule has 0 radical (unpaired) electrons. The Morgan fingerprint density at radius 1 is 1.24 bits per heavy atom. The number of rotatable bonds is 5. The number of aryl methyl sites for hydroxylation is 1. The maximum Gasteiger partial charge on any atom is 0.341 e. The molecule has 0 N–H and O–H groups in total. The van der Waals surface area contributed by atoms with Crippen molar-refractivity contribution in [2.45, 2.75) is 26.7 Å². The SMILES string of the molecule is CCCc1nc(-c2ccc(Br)cn2)ncc1C(=O)OCC. The maximum absolute atomic E-state index is 11.9. The lowest BCUT2D eigenvalue weighted by molar-refractivity contribution is 0.0524. The summed E-state index contributed by atoms with van der Waals surface area (Å²) >= 11 is 3.34. The van der Waals surface area contributed by atoms with Gasteiger partial charge in [-0.3, -0.25) is 4.98 Å². The van der Waals surface area contributed by atoms with E-state index in [1.165, 1.54) is 6.20 Å². The van der Waals surface area contributed by atoms with Crippen LogP contribution >= 0.6 is 15.9 Å². The van der Waals surface area contributed by atoms with Crippen molar-refractivity contribution in [2.24, 2.45) is 0 Å². The van der Waals surface area contributed by atoms with E-state index in [0.29, 0.717) is 35.8 Å². The molecule has 0 bridgehead atoms. The molecule has 5 nitrogen and oxygen atoms in total. The van der Waals surface area contributed by atoms with Gasteiger partial charge in [0.1, 0.15) is 5.69 Å². The Kier molecular flexibility index (Phi) is 5.38. The van der Waals surface area contributed by atoms with E-state index in [1.807, 2.05) is 19.1 Å². The van der Waals surface area contributed by atoms with Crippen molar-refractivity contribution in [1.29, 1.82) is 0 Å². The van der Waals surface area contributed by atoms with Gasteiger partial charge in [-0.15, -0.1) is 0 Å². The zero-order valence-corrected chi connectivity index (χ0v) is 13.6. The van der Waals surface area contributed by atoms with E-state index in [2.05, 4.69) is 30.9 Å². The molecule has 0 aliphatic rings. The third-order valence-electron chi connectivity index (χ3n) is 2.81. The highest BCUT2D eigenvalue weighted by Gasteiger charge is 2.16. The maximum atomic E-state index is 11.9.